The number of ether oxygens (including phenoxy) is 1. The molecular formula is C28H32N2O3. The molecule has 5 heteroatoms. The Bertz CT molecular complexity index is 1180. The van der Waals surface area contributed by atoms with Crippen molar-refractivity contribution in [2.75, 3.05) is 11.9 Å². The minimum Gasteiger partial charge on any atom is -0.341 e. The van der Waals surface area contributed by atoms with Gasteiger partial charge in [0.25, 0.3) is 0 Å². The van der Waals surface area contributed by atoms with Crippen LogP contribution in [0, 0.1) is 0 Å². The Hall–Kier alpha value is -3.14. The van der Waals surface area contributed by atoms with Crippen LogP contribution in [-0.4, -0.2) is 35.3 Å². The van der Waals surface area contributed by atoms with E-state index in [0.717, 1.165) is 16.9 Å². The van der Waals surface area contributed by atoms with Gasteiger partial charge in [-0.2, -0.15) is 0 Å². The van der Waals surface area contributed by atoms with E-state index in [1.54, 1.807) is 4.90 Å². The van der Waals surface area contributed by atoms with Crippen LogP contribution in [0.4, 0.5) is 5.69 Å². The summed E-state index contributed by atoms with van der Waals surface area (Å²) in [4.78, 5) is 29.5. The summed E-state index contributed by atoms with van der Waals surface area (Å²) in [5, 5.41) is 0. The molecule has 0 bridgehead atoms. The summed E-state index contributed by atoms with van der Waals surface area (Å²) >= 11 is 0. The normalized spacial score (nSPS) is 27.8. The second-order valence-corrected chi connectivity index (χ2v) is 9.88. The lowest BCUT2D eigenvalue weighted by atomic mass is 9.84. The van der Waals surface area contributed by atoms with Gasteiger partial charge in [0.05, 0.1) is 5.70 Å². The Morgan fingerprint density at radius 3 is 2.15 bits per heavy atom. The third kappa shape index (κ3) is 3.43. The van der Waals surface area contributed by atoms with Crippen molar-refractivity contribution in [2.24, 2.45) is 0 Å². The van der Waals surface area contributed by atoms with Gasteiger partial charge in [0.2, 0.25) is 5.91 Å². The SMILES string of the molecule is CC(=O)C1N(C(C)=O)C(C)(c2ccccc2)OC1(C)C=C=C1N(C)c2ccccc2C1(C)C. The zero-order valence-corrected chi connectivity index (χ0v) is 20.5. The highest BCUT2D eigenvalue weighted by Crippen LogP contribution is 2.48. The molecule has 0 spiro atoms. The quantitative estimate of drug-likeness (QED) is 0.631. The number of carbonyl (C=O) groups excluding carboxylic acids is 2. The lowest BCUT2D eigenvalue weighted by Gasteiger charge is -2.35. The number of hydrogen-bond acceptors (Lipinski definition) is 4. The first-order valence-corrected chi connectivity index (χ1v) is 11.3. The van der Waals surface area contributed by atoms with E-state index in [1.165, 1.54) is 19.4 Å². The smallest absolute Gasteiger partial charge is 0.222 e. The molecule has 0 N–H and O–H groups in total. The Morgan fingerprint density at radius 2 is 1.58 bits per heavy atom. The summed E-state index contributed by atoms with van der Waals surface area (Å²) in [5.41, 5.74) is 5.26. The number of likely N-dealkylation sites (N-methyl/N-ethyl adjacent to an activating group) is 1. The van der Waals surface area contributed by atoms with Crippen LogP contribution in [0.2, 0.25) is 0 Å². The maximum atomic E-state index is 12.9. The van der Waals surface area contributed by atoms with Gasteiger partial charge in [-0.15, -0.1) is 0 Å². The molecule has 0 aliphatic carbocycles. The van der Waals surface area contributed by atoms with Gasteiger partial charge >= 0.3 is 0 Å². The fourth-order valence-electron chi connectivity index (χ4n) is 5.61. The molecule has 5 nitrogen and oxygen atoms in total. The molecule has 1 amide bonds. The van der Waals surface area contributed by atoms with E-state index in [2.05, 4.69) is 36.6 Å². The molecule has 1 saturated heterocycles. The van der Waals surface area contributed by atoms with Crippen LogP contribution in [0.3, 0.4) is 0 Å². The Kier molecular flexibility index (Phi) is 5.39. The van der Waals surface area contributed by atoms with Crippen LogP contribution >= 0.6 is 0 Å². The van der Waals surface area contributed by atoms with E-state index >= 15 is 0 Å². The van der Waals surface area contributed by atoms with Crippen molar-refractivity contribution >= 4 is 17.4 Å². The number of hydrogen-bond donors (Lipinski definition) is 0. The molecule has 3 unspecified atom stereocenters. The maximum Gasteiger partial charge on any atom is 0.222 e. The Balaban J connectivity index is 1.87. The predicted molar refractivity (Wildman–Crippen MR) is 130 cm³/mol. The van der Waals surface area contributed by atoms with Crippen LogP contribution < -0.4 is 4.90 Å². The second kappa shape index (κ2) is 7.72. The topological polar surface area (TPSA) is 49.9 Å². The van der Waals surface area contributed by atoms with E-state index in [0.29, 0.717) is 0 Å². The monoisotopic (exact) mass is 444 g/mol. The van der Waals surface area contributed by atoms with E-state index in [9.17, 15) is 9.59 Å². The highest BCUT2D eigenvalue weighted by molar-refractivity contribution is 5.89. The molecule has 1 fully saturated rings. The molecule has 2 aromatic rings. The van der Waals surface area contributed by atoms with Crippen LogP contribution in [0.15, 0.2) is 72.1 Å². The van der Waals surface area contributed by atoms with Crippen molar-refractivity contribution < 1.29 is 14.3 Å². The van der Waals surface area contributed by atoms with Gasteiger partial charge in [-0.05, 0) is 52.3 Å². The number of ketones is 1. The second-order valence-electron chi connectivity index (χ2n) is 9.88. The van der Waals surface area contributed by atoms with E-state index in [-0.39, 0.29) is 17.1 Å². The Labute approximate surface area is 196 Å². The molecule has 0 radical (unpaired) electrons. The molecule has 2 aliphatic rings. The van der Waals surface area contributed by atoms with Gasteiger partial charge in [-0.3, -0.25) is 14.5 Å². The summed E-state index contributed by atoms with van der Waals surface area (Å²) in [6.45, 7) is 11.1. The van der Waals surface area contributed by atoms with Crippen molar-refractivity contribution in [3.05, 3.63) is 83.2 Å². The molecule has 2 aliphatic heterocycles. The van der Waals surface area contributed by atoms with Crippen molar-refractivity contribution in [3.8, 4) is 0 Å². The van der Waals surface area contributed by atoms with Gasteiger partial charge in [-0.25, -0.2) is 0 Å². The van der Waals surface area contributed by atoms with Crippen LogP contribution in [-0.2, 0) is 25.5 Å². The first-order valence-electron chi connectivity index (χ1n) is 11.3. The van der Waals surface area contributed by atoms with Gasteiger partial charge in [-0.1, -0.05) is 54.3 Å². The number of fused-ring (bicyclic) bond motifs is 1. The number of anilines is 1. The zero-order valence-electron chi connectivity index (χ0n) is 20.5. The average Bonchev–Trinajstić information content (AvgIpc) is 3.13. The van der Waals surface area contributed by atoms with Crippen molar-refractivity contribution in [1.82, 2.24) is 4.90 Å². The van der Waals surface area contributed by atoms with E-state index in [1.807, 2.05) is 69.4 Å². The highest BCUT2D eigenvalue weighted by atomic mass is 16.6. The van der Waals surface area contributed by atoms with Gasteiger partial charge in [0.15, 0.2) is 11.5 Å². The van der Waals surface area contributed by atoms with Crippen molar-refractivity contribution in [2.45, 2.75) is 64.3 Å². The predicted octanol–water partition coefficient (Wildman–Crippen LogP) is 4.92. The lowest BCUT2D eigenvalue weighted by Crippen LogP contribution is -2.51. The van der Waals surface area contributed by atoms with Gasteiger partial charge < -0.3 is 9.64 Å². The Morgan fingerprint density at radius 1 is 0.970 bits per heavy atom. The van der Waals surface area contributed by atoms with Crippen molar-refractivity contribution in [1.29, 1.82) is 0 Å². The summed E-state index contributed by atoms with van der Waals surface area (Å²) in [7, 11) is 2.03. The molecule has 33 heavy (non-hydrogen) atoms. The van der Waals surface area contributed by atoms with Gasteiger partial charge in [0.1, 0.15) is 11.6 Å². The number of amides is 1. The minimum absolute atomic E-state index is 0.127. The zero-order chi connectivity index (χ0) is 24.2. The van der Waals surface area contributed by atoms with Crippen LogP contribution in [0.1, 0.15) is 52.7 Å². The molecule has 172 valence electrons. The lowest BCUT2D eigenvalue weighted by molar-refractivity contribution is -0.154. The van der Waals surface area contributed by atoms with Crippen LogP contribution in [0.25, 0.3) is 0 Å². The summed E-state index contributed by atoms with van der Waals surface area (Å²) in [6.07, 6.45) is 1.84. The molecule has 0 saturated carbocycles. The molecule has 4 rings (SSSR count). The highest BCUT2D eigenvalue weighted by Gasteiger charge is 2.59. The summed E-state index contributed by atoms with van der Waals surface area (Å²) in [5.74, 6) is -0.338. The largest absolute Gasteiger partial charge is 0.341 e. The molecule has 0 aromatic heterocycles. The maximum absolute atomic E-state index is 12.9. The fourth-order valence-corrected chi connectivity index (χ4v) is 5.61. The number of Topliss-reactive ketones (excluding diaryl/α,β-unsaturated/α-hetero) is 1. The third-order valence-electron chi connectivity index (χ3n) is 7.07. The molecule has 3 atom stereocenters. The number of rotatable bonds is 3. The summed E-state index contributed by atoms with van der Waals surface area (Å²) in [6, 6.07) is 17.1. The van der Waals surface area contributed by atoms with E-state index < -0.39 is 17.4 Å². The number of nitrogens with zero attached hydrogens (tertiary/aromatic N) is 2. The fraction of sp³-hybridized carbons (Fsp3) is 0.393. The average molecular weight is 445 g/mol. The summed E-state index contributed by atoms with van der Waals surface area (Å²) < 4.78 is 6.65. The van der Waals surface area contributed by atoms with Gasteiger partial charge in [0, 0.05) is 30.6 Å². The van der Waals surface area contributed by atoms with E-state index in [4.69, 9.17) is 4.74 Å². The standard InChI is InChI=1S/C28H32N2O3/c1-19(31)25-27(5,33-28(6,30(25)20(2)32)21-13-9-8-10-14-21)18-17-24-26(3,4)22-15-11-12-16-23(22)29(24)7/h8-16,18,25H,1-7H3. The number of para-hydroxylation sites is 1. The number of carbonyl (C=O) groups is 2. The first kappa shape index (κ1) is 23.0. The minimum atomic E-state index is -1.08. The van der Waals surface area contributed by atoms with Crippen LogP contribution in [0.5, 0.6) is 0 Å². The molecule has 2 aromatic carbocycles. The first-order chi connectivity index (χ1) is 15.4. The van der Waals surface area contributed by atoms with Crippen molar-refractivity contribution in [3.63, 3.8) is 0 Å². The molecular weight excluding hydrogens is 412 g/mol. The molecule has 2 heterocycles. The number of benzene rings is 2. The third-order valence-corrected chi connectivity index (χ3v) is 7.07.